The van der Waals surface area contributed by atoms with Crippen molar-refractivity contribution >= 4 is 45.1 Å². The first-order valence-corrected chi connectivity index (χ1v) is 9.03. The Balaban J connectivity index is 2.23. The molecule has 2 rings (SSSR count). The van der Waals surface area contributed by atoms with Crippen LogP contribution in [0.15, 0.2) is 53.4 Å². The zero-order chi connectivity index (χ0) is 20.2. The number of nitrogens with one attached hydrogen (secondary N) is 2. The Hall–Kier alpha value is -3.18. The molecule has 0 aliphatic heterocycles. The number of carbonyl (C=O) groups is 2. The van der Waals surface area contributed by atoms with E-state index in [1.165, 1.54) is 31.3 Å². The molecule has 0 atom stereocenters. The smallest absolute Gasteiger partial charge is 0.318 e. The van der Waals surface area contributed by atoms with Crippen LogP contribution in [0.1, 0.15) is 10.4 Å². The average Bonchev–Trinajstić information content (AvgIpc) is 2.67. The highest BCUT2D eigenvalue weighted by atomic mass is 35.5. The number of nitro benzene ring substituents is 1. The third-order valence-electron chi connectivity index (χ3n) is 3.33. The van der Waals surface area contributed by atoms with E-state index in [4.69, 9.17) is 11.8 Å². The van der Waals surface area contributed by atoms with Crippen LogP contribution in [0.2, 0.25) is 0 Å². The van der Waals surface area contributed by atoms with Gasteiger partial charge < -0.3 is 10.6 Å². The predicted octanol–water partition coefficient (Wildman–Crippen LogP) is 2.33. The fourth-order valence-corrected chi connectivity index (χ4v) is 3.26. The van der Waals surface area contributed by atoms with Crippen molar-refractivity contribution in [3.05, 3.63) is 64.2 Å². The first-order valence-electron chi connectivity index (χ1n) is 7.25. The van der Waals surface area contributed by atoms with Gasteiger partial charge in [-0.2, -0.15) is 8.42 Å². The third kappa shape index (κ3) is 4.51. The summed E-state index contributed by atoms with van der Waals surface area (Å²) in [5, 5.41) is 15.4. The van der Waals surface area contributed by atoms with E-state index in [0.717, 1.165) is 24.3 Å². The maximum Gasteiger partial charge on any atom is 0.318 e. The summed E-state index contributed by atoms with van der Waals surface area (Å²) in [5.41, 5.74) is -0.0667. The minimum Gasteiger partial charge on any atom is -0.341 e. The lowest BCUT2D eigenvalue weighted by Crippen LogP contribution is -2.28. The molecule has 0 bridgehead atoms. The van der Waals surface area contributed by atoms with Crippen LogP contribution in [0.5, 0.6) is 0 Å². The van der Waals surface area contributed by atoms with Crippen molar-refractivity contribution in [3.8, 4) is 0 Å². The van der Waals surface area contributed by atoms with E-state index in [0.29, 0.717) is 5.69 Å². The summed E-state index contributed by atoms with van der Waals surface area (Å²) in [7, 11) is -2.96. The molecule has 12 heteroatoms. The molecule has 0 aliphatic carbocycles. The zero-order valence-electron chi connectivity index (χ0n) is 13.7. The lowest BCUT2D eigenvalue weighted by Gasteiger charge is -2.15. The monoisotopic (exact) mass is 412 g/mol. The van der Waals surface area contributed by atoms with Gasteiger partial charge in [-0.15, -0.1) is 3.82 Å². The lowest BCUT2D eigenvalue weighted by atomic mass is 10.2. The summed E-state index contributed by atoms with van der Waals surface area (Å²) in [6, 6.07) is 8.81. The Bertz CT molecular complexity index is 976. The third-order valence-corrected chi connectivity index (χ3v) is 5.49. The van der Waals surface area contributed by atoms with Crippen LogP contribution in [0.4, 0.5) is 16.2 Å². The summed E-state index contributed by atoms with van der Waals surface area (Å²) in [6.07, 6.45) is 0. The minimum absolute atomic E-state index is 0.0232. The number of halogens is 1. The molecule has 142 valence electrons. The van der Waals surface area contributed by atoms with Crippen molar-refractivity contribution in [2.75, 3.05) is 12.4 Å². The zero-order valence-corrected chi connectivity index (χ0v) is 15.3. The van der Waals surface area contributed by atoms with Gasteiger partial charge in [0.05, 0.1) is 9.82 Å². The maximum absolute atomic E-state index is 12.5. The summed E-state index contributed by atoms with van der Waals surface area (Å²) < 4.78 is 25.0. The number of carbonyl (C=O) groups excluding carboxylic acids is 2. The molecule has 0 saturated heterocycles. The van der Waals surface area contributed by atoms with Crippen molar-refractivity contribution in [1.29, 1.82) is 0 Å². The van der Waals surface area contributed by atoms with E-state index in [-0.39, 0.29) is 20.0 Å². The fraction of sp³-hybridized carbons (Fsp3) is 0.0667. The number of urea groups is 1. The van der Waals surface area contributed by atoms with Gasteiger partial charge in [-0.05, 0) is 36.4 Å². The van der Waals surface area contributed by atoms with Gasteiger partial charge in [0.25, 0.3) is 21.6 Å². The molecule has 0 fully saturated rings. The van der Waals surface area contributed by atoms with Crippen LogP contribution in [-0.4, -0.2) is 36.2 Å². The molecule has 10 nitrogen and oxygen atoms in total. The van der Waals surface area contributed by atoms with Crippen molar-refractivity contribution < 1.29 is 22.9 Å². The second-order valence-electron chi connectivity index (χ2n) is 5.06. The van der Waals surface area contributed by atoms with Crippen molar-refractivity contribution in [2.24, 2.45) is 0 Å². The van der Waals surface area contributed by atoms with E-state index in [9.17, 15) is 28.1 Å². The Morgan fingerprint density at radius 3 is 2.11 bits per heavy atom. The quantitative estimate of drug-likeness (QED) is 0.439. The molecule has 0 aliphatic rings. The van der Waals surface area contributed by atoms with Crippen LogP contribution in [-0.2, 0) is 10.0 Å². The molecule has 0 aromatic heterocycles. The van der Waals surface area contributed by atoms with Crippen LogP contribution in [0, 0.1) is 10.1 Å². The van der Waals surface area contributed by atoms with Crippen LogP contribution < -0.4 is 10.6 Å². The van der Waals surface area contributed by atoms with Gasteiger partial charge in [-0.1, -0.05) is 0 Å². The highest BCUT2D eigenvalue weighted by Crippen LogP contribution is 2.23. The number of anilines is 1. The highest BCUT2D eigenvalue weighted by Gasteiger charge is 2.29. The topological polar surface area (TPSA) is 139 Å². The van der Waals surface area contributed by atoms with Crippen LogP contribution in [0.3, 0.4) is 0 Å². The maximum atomic E-state index is 12.5. The molecule has 0 heterocycles. The van der Waals surface area contributed by atoms with Gasteiger partial charge in [-0.25, -0.2) is 4.79 Å². The summed E-state index contributed by atoms with van der Waals surface area (Å²) in [6.45, 7) is 0. The Morgan fingerprint density at radius 1 is 1.07 bits per heavy atom. The molecule has 2 aromatic rings. The molecular formula is C15H13ClN4O6S. The number of rotatable bonds is 5. The van der Waals surface area contributed by atoms with Crippen molar-refractivity contribution in [1.82, 2.24) is 9.14 Å². The summed E-state index contributed by atoms with van der Waals surface area (Å²) in [5.74, 6) is -1.07. The van der Waals surface area contributed by atoms with Gasteiger partial charge in [-0.3, -0.25) is 14.9 Å². The van der Waals surface area contributed by atoms with E-state index in [1.807, 2.05) is 0 Å². The van der Waals surface area contributed by atoms with Gasteiger partial charge in [0.15, 0.2) is 0 Å². The SMILES string of the molecule is CNC(=O)Nc1ccc(S(=O)(=O)N(Cl)C(=O)c2ccc([N+](=O)[O-])cc2)cc1. The van der Waals surface area contributed by atoms with E-state index < -0.39 is 26.9 Å². The Kier molecular flexibility index (Phi) is 5.98. The first kappa shape index (κ1) is 20.1. The Labute approximate surface area is 159 Å². The molecule has 3 amide bonds. The molecule has 0 spiro atoms. The summed E-state index contributed by atoms with van der Waals surface area (Å²) >= 11 is 5.72. The molecule has 0 radical (unpaired) electrons. The van der Waals surface area contributed by atoms with Crippen molar-refractivity contribution in [3.63, 3.8) is 0 Å². The minimum atomic E-state index is -4.38. The standard InChI is InChI=1S/C15H13ClN4O6S/c1-17-15(22)18-11-4-8-13(9-5-11)27(25,26)19(16)14(21)10-2-6-12(7-3-10)20(23)24/h2-9H,1H3,(H2,17,18,22). The molecule has 0 unspecified atom stereocenters. The largest absolute Gasteiger partial charge is 0.341 e. The summed E-state index contributed by atoms with van der Waals surface area (Å²) in [4.78, 5) is 33.2. The molecule has 0 saturated carbocycles. The molecule has 27 heavy (non-hydrogen) atoms. The second kappa shape index (κ2) is 8.01. The second-order valence-corrected chi connectivity index (χ2v) is 7.38. The normalized spacial score (nSPS) is 10.7. The number of hydrogen-bond acceptors (Lipinski definition) is 6. The predicted molar refractivity (Wildman–Crippen MR) is 96.8 cm³/mol. The number of hydrogen-bond donors (Lipinski definition) is 2. The van der Waals surface area contributed by atoms with Gasteiger partial charge in [0.2, 0.25) is 0 Å². The van der Waals surface area contributed by atoms with Crippen LogP contribution >= 0.6 is 11.8 Å². The van der Waals surface area contributed by atoms with E-state index in [2.05, 4.69) is 10.6 Å². The van der Waals surface area contributed by atoms with Gasteiger partial charge >= 0.3 is 6.03 Å². The first-order chi connectivity index (χ1) is 12.7. The number of sulfonamides is 1. The number of nitrogens with zero attached hydrogens (tertiary/aromatic N) is 2. The molecule has 2 aromatic carbocycles. The van der Waals surface area contributed by atoms with Gasteiger partial charge in [0.1, 0.15) is 0 Å². The number of non-ortho nitro benzene ring substituents is 1. The number of benzene rings is 2. The van der Waals surface area contributed by atoms with Gasteiger partial charge in [0, 0.05) is 42.2 Å². The van der Waals surface area contributed by atoms with Crippen LogP contribution in [0.25, 0.3) is 0 Å². The van der Waals surface area contributed by atoms with E-state index >= 15 is 0 Å². The number of nitro groups is 1. The number of amides is 3. The van der Waals surface area contributed by atoms with Crippen molar-refractivity contribution in [2.45, 2.75) is 4.90 Å². The molecular weight excluding hydrogens is 400 g/mol. The fourth-order valence-electron chi connectivity index (χ4n) is 1.93. The highest BCUT2D eigenvalue weighted by molar-refractivity contribution is 7.90. The lowest BCUT2D eigenvalue weighted by molar-refractivity contribution is -0.384. The Morgan fingerprint density at radius 2 is 1.63 bits per heavy atom. The average molecular weight is 413 g/mol. The molecule has 2 N–H and O–H groups in total. The van der Waals surface area contributed by atoms with E-state index in [1.54, 1.807) is 0 Å².